The van der Waals surface area contributed by atoms with Crippen LogP contribution in [0.3, 0.4) is 0 Å². The molecule has 24 nitrogen and oxygen atoms in total. The van der Waals surface area contributed by atoms with Crippen molar-refractivity contribution in [3.05, 3.63) is 73.4 Å². The number of allylic oxidation sites excluding steroid dienone is 10. The molecule has 2 unspecified atom stereocenters. The molecule has 2 aromatic heterocycles. The van der Waals surface area contributed by atoms with Gasteiger partial charge >= 0.3 is 23.5 Å². The van der Waals surface area contributed by atoms with Crippen molar-refractivity contribution < 1.29 is 80.5 Å². The van der Waals surface area contributed by atoms with Crippen LogP contribution in [0.2, 0.25) is 0 Å². The van der Waals surface area contributed by atoms with Crippen LogP contribution in [0.5, 0.6) is 0 Å². The second-order valence-electron chi connectivity index (χ2n) is 19.4. The van der Waals surface area contributed by atoms with Gasteiger partial charge in [-0.2, -0.15) is 4.31 Å². The van der Waals surface area contributed by atoms with Crippen LogP contribution < -0.4 is 16.4 Å². The number of anilines is 1. The summed E-state index contributed by atoms with van der Waals surface area (Å²) in [6.45, 7) is 2.71. The lowest BCUT2D eigenvalue weighted by molar-refractivity contribution is -0.137. The van der Waals surface area contributed by atoms with Crippen molar-refractivity contribution in [3.63, 3.8) is 0 Å². The Bertz CT molecular complexity index is 2450. The highest BCUT2D eigenvalue weighted by molar-refractivity contribution is 8.13. The van der Waals surface area contributed by atoms with Gasteiger partial charge < -0.3 is 50.9 Å². The van der Waals surface area contributed by atoms with Crippen LogP contribution in [-0.4, -0.2) is 123 Å². The first-order chi connectivity index (χ1) is 37.6. The Kier molecular flexibility index (Phi) is 32.9. The quantitative estimate of drug-likeness (QED) is 0.0171. The number of ether oxygens (including phenoxy) is 1. The van der Waals surface area contributed by atoms with Gasteiger partial charge in [0.2, 0.25) is 11.8 Å². The maximum atomic E-state index is 12.8. The molecular weight excluding hydrogens is 1110 g/mol. The lowest BCUT2D eigenvalue weighted by atomic mass is 9.87. The van der Waals surface area contributed by atoms with E-state index in [9.17, 15) is 57.9 Å². The van der Waals surface area contributed by atoms with E-state index in [4.69, 9.17) is 19.5 Å². The van der Waals surface area contributed by atoms with Crippen molar-refractivity contribution in [2.24, 2.45) is 5.41 Å². The van der Waals surface area contributed by atoms with Crippen molar-refractivity contribution in [3.8, 4) is 0 Å². The minimum atomic E-state index is -5.58. The predicted octanol–water partition coefficient (Wildman–Crippen LogP) is 8.49. The number of amides is 2. The second-order valence-corrected chi connectivity index (χ2v) is 24.8. The largest absolute Gasteiger partial charge is 0.481 e. The summed E-state index contributed by atoms with van der Waals surface area (Å²) >= 11 is 1.15. The molecule has 7 atom stereocenters. The molecule has 1 aliphatic heterocycles. The van der Waals surface area contributed by atoms with E-state index in [-0.39, 0.29) is 41.6 Å². The standard InChI is InChI=1S/C51H84N7O17P3S/c1-4-5-6-7-8-9-10-11-12-13-14-15-16-17-18-19-20-21-22-23-24-25-26-27-28-29-30-31-42(60)79-35-34-53-41(59)32-33-54-49(63)46(62)51(2,3)37-72-78(69,70)75-77(67,68)71-36-40-45(74-76(64,65)66)44(61)50(73-40)58-39-57-43-47(52)55-38-56-48(43)58/h5-6,8-9,11-12,14-15,17-18,38-40,44-46,50,61-62H,4,7,10,13,16,19-37H2,1-3H3,(H,53,59)(H,54,63)(H,67,68)(H,69,70)(H2,52,55,56)(H2,64,65,66)/b6-5-,9-8-,12-11-,15-14-,18-17-/t40-,44-,45-,46+,50-/m1/s1. The number of thioether (sulfide) groups is 1. The van der Waals surface area contributed by atoms with E-state index in [1.54, 1.807) is 0 Å². The number of hydrogen-bond acceptors (Lipinski definition) is 18. The maximum absolute atomic E-state index is 12.8. The predicted molar refractivity (Wildman–Crippen MR) is 302 cm³/mol. The molecule has 1 fully saturated rings. The summed E-state index contributed by atoms with van der Waals surface area (Å²) in [5.74, 6) is -1.04. The first kappa shape index (κ1) is 69.5. The molecule has 10 N–H and O–H groups in total. The Hall–Kier alpha value is -3.74. The molecule has 0 spiro atoms. The summed E-state index contributed by atoms with van der Waals surface area (Å²) in [5, 5.41) is 26.7. The third-order valence-corrected chi connectivity index (χ3v) is 16.2. The number of aliphatic hydroxyl groups is 2. The van der Waals surface area contributed by atoms with E-state index in [2.05, 4.69) is 102 Å². The van der Waals surface area contributed by atoms with E-state index in [1.807, 2.05) is 0 Å². The fourth-order valence-electron chi connectivity index (χ4n) is 7.86. The zero-order chi connectivity index (χ0) is 58.2. The summed E-state index contributed by atoms with van der Waals surface area (Å²) < 4.78 is 62.6. The van der Waals surface area contributed by atoms with Gasteiger partial charge in [-0.05, 0) is 51.4 Å². The van der Waals surface area contributed by atoms with Gasteiger partial charge in [0.05, 0.1) is 19.5 Å². The molecule has 0 saturated carbocycles. The maximum Gasteiger partial charge on any atom is 0.481 e. The highest BCUT2D eigenvalue weighted by Gasteiger charge is 2.50. The minimum absolute atomic E-state index is 0.0324. The number of nitrogens with zero attached hydrogens (tertiary/aromatic N) is 4. The van der Waals surface area contributed by atoms with Gasteiger partial charge in [-0.15, -0.1) is 0 Å². The van der Waals surface area contributed by atoms with Crippen LogP contribution in [0.15, 0.2) is 73.4 Å². The van der Waals surface area contributed by atoms with E-state index >= 15 is 0 Å². The number of nitrogens with two attached hydrogens (primary N) is 1. The van der Waals surface area contributed by atoms with Crippen LogP contribution in [0.4, 0.5) is 5.82 Å². The number of aliphatic hydroxyl groups excluding tert-OH is 2. The van der Waals surface area contributed by atoms with Crippen molar-refractivity contribution in [1.29, 1.82) is 0 Å². The van der Waals surface area contributed by atoms with Gasteiger partial charge in [0.15, 0.2) is 22.8 Å². The molecule has 3 heterocycles. The molecule has 1 saturated heterocycles. The number of nitrogen functional groups attached to an aromatic ring is 1. The van der Waals surface area contributed by atoms with Crippen LogP contribution >= 0.6 is 35.2 Å². The summed E-state index contributed by atoms with van der Waals surface area (Å²) in [6.07, 6.45) is 34.9. The second kappa shape index (κ2) is 37.4. The number of unbranched alkanes of at least 4 members (excludes halogenated alkanes) is 11. The van der Waals surface area contributed by atoms with Crippen LogP contribution in [-0.2, 0) is 50.7 Å². The number of aromatic nitrogens is 4. The van der Waals surface area contributed by atoms with Crippen molar-refractivity contribution >= 4 is 69.1 Å². The molecule has 2 amide bonds. The lowest BCUT2D eigenvalue weighted by Crippen LogP contribution is -2.46. The van der Waals surface area contributed by atoms with E-state index in [1.165, 1.54) is 65.2 Å². The molecule has 0 aromatic carbocycles. The first-order valence-electron chi connectivity index (χ1n) is 26.9. The Morgan fingerprint density at radius 2 is 1.33 bits per heavy atom. The number of phosphoric ester groups is 3. The normalized spacial score (nSPS) is 19.4. The number of nitrogens with one attached hydrogen (secondary N) is 2. The van der Waals surface area contributed by atoms with Crippen LogP contribution in [0, 0.1) is 5.41 Å². The van der Waals surface area contributed by atoms with E-state index in [0.717, 1.165) is 86.8 Å². The van der Waals surface area contributed by atoms with E-state index in [0.29, 0.717) is 12.2 Å². The highest BCUT2D eigenvalue weighted by atomic mass is 32.2. The Morgan fingerprint density at radius 3 is 1.92 bits per heavy atom. The minimum Gasteiger partial charge on any atom is -0.386 e. The van der Waals surface area contributed by atoms with Crippen molar-refractivity contribution in [2.45, 2.75) is 173 Å². The number of imidazole rings is 1. The Balaban J connectivity index is 1.18. The first-order valence-corrected chi connectivity index (χ1v) is 32.4. The van der Waals surface area contributed by atoms with Gasteiger partial charge in [0.1, 0.15) is 36.3 Å². The van der Waals surface area contributed by atoms with Gasteiger partial charge in [-0.1, -0.05) is 151 Å². The number of phosphoric acid groups is 3. The molecule has 28 heteroatoms. The summed E-state index contributed by atoms with van der Waals surface area (Å²) in [7, 11) is -16.4. The Morgan fingerprint density at radius 1 is 0.772 bits per heavy atom. The Labute approximate surface area is 468 Å². The fraction of sp³-hybridized carbons (Fsp3) is 0.647. The number of rotatable bonds is 42. The lowest BCUT2D eigenvalue weighted by Gasteiger charge is -2.30. The average molecular weight is 1190 g/mol. The van der Waals surface area contributed by atoms with Crippen molar-refractivity contribution in [2.75, 3.05) is 37.8 Å². The SMILES string of the molecule is CC/C=C\C/C=C\C/C=C\C/C=C\C/C=C\CCCCCCCCCCCCCC(=O)SCCNC(=O)CCNC(=O)[C@H](O)C(C)(C)COP(=O)(O)OP(=O)(O)OC[C@H]1O[C@@H](n2cnc3c(N)ncnc32)[C@H](O)[C@@H]1OP(=O)(O)O. The number of carbonyl (C=O) groups is 3. The van der Waals surface area contributed by atoms with Gasteiger partial charge in [0.25, 0.3) is 0 Å². The molecule has 0 bridgehead atoms. The topological polar surface area (TPSA) is 364 Å². The molecule has 1 aliphatic rings. The summed E-state index contributed by atoms with van der Waals surface area (Å²) in [6, 6.07) is 0. The van der Waals surface area contributed by atoms with Gasteiger partial charge in [-0.3, -0.25) is 32.5 Å². The third kappa shape index (κ3) is 29.2. The van der Waals surface area contributed by atoms with Crippen LogP contribution in [0.25, 0.3) is 11.2 Å². The molecule has 2 aromatic rings. The number of hydrogen-bond donors (Lipinski definition) is 9. The smallest absolute Gasteiger partial charge is 0.386 e. The molecule has 446 valence electrons. The number of carbonyl (C=O) groups excluding carboxylic acids is 3. The summed E-state index contributed by atoms with van der Waals surface area (Å²) in [4.78, 5) is 88.7. The molecule has 0 aliphatic carbocycles. The average Bonchev–Trinajstić information content (AvgIpc) is 4.12. The number of fused-ring (bicyclic) bond motifs is 1. The molecule has 79 heavy (non-hydrogen) atoms. The van der Waals surface area contributed by atoms with Gasteiger partial charge in [0, 0.05) is 37.1 Å². The fourth-order valence-corrected chi connectivity index (χ4v) is 11.4. The molecule has 3 rings (SSSR count). The van der Waals surface area contributed by atoms with Crippen molar-refractivity contribution in [1.82, 2.24) is 30.2 Å². The zero-order valence-electron chi connectivity index (χ0n) is 45.6. The highest BCUT2D eigenvalue weighted by Crippen LogP contribution is 2.61. The van der Waals surface area contributed by atoms with E-state index < -0.39 is 84.6 Å². The summed E-state index contributed by atoms with van der Waals surface area (Å²) in [5.41, 5.74) is 4.29. The molecular formula is C51H84N7O17P3S. The van der Waals surface area contributed by atoms with Crippen LogP contribution in [0.1, 0.15) is 149 Å². The monoisotopic (exact) mass is 1190 g/mol. The zero-order valence-corrected chi connectivity index (χ0v) is 49.1. The molecule has 0 radical (unpaired) electrons. The third-order valence-electron chi connectivity index (χ3n) is 12.2. The van der Waals surface area contributed by atoms with Gasteiger partial charge in [-0.25, -0.2) is 28.6 Å².